The van der Waals surface area contributed by atoms with Crippen LogP contribution in [0.25, 0.3) is 0 Å². The van der Waals surface area contributed by atoms with Gasteiger partial charge in [-0.05, 0) is 37.1 Å². The Balaban J connectivity index is 2.03. The van der Waals surface area contributed by atoms with Gasteiger partial charge in [-0.2, -0.15) is 13.2 Å². The lowest BCUT2D eigenvalue weighted by atomic mass is 9.97. The largest absolute Gasteiger partial charge is 0.393 e. The van der Waals surface area contributed by atoms with Crippen LogP contribution in [0.3, 0.4) is 0 Å². The van der Waals surface area contributed by atoms with E-state index in [9.17, 15) is 13.2 Å². The van der Waals surface area contributed by atoms with Crippen LogP contribution in [0.15, 0.2) is 18.3 Å². The van der Waals surface area contributed by atoms with Crippen LogP contribution in [0.1, 0.15) is 24.1 Å². The number of hydrogen-bond donors (Lipinski definition) is 2. The molecule has 1 saturated heterocycles. The van der Waals surface area contributed by atoms with Gasteiger partial charge in [0.2, 0.25) is 0 Å². The third kappa shape index (κ3) is 3.69. The standard InChI is InChI=1S/C13H17F3N4/c14-13(15,16)10-2-1-5-20(8-10)7-9-3-4-19-11(6-9)12(17)18/h3-4,6,10H,1-2,5,7-8H2,(H3,17,18). The first kappa shape index (κ1) is 14.8. The molecule has 20 heavy (non-hydrogen) atoms. The number of hydrogen-bond acceptors (Lipinski definition) is 3. The van der Waals surface area contributed by atoms with Gasteiger partial charge in [-0.25, -0.2) is 0 Å². The zero-order valence-corrected chi connectivity index (χ0v) is 11.0. The van der Waals surface area contributed by atoms with Crippen molar-refractivity contribution < 1.29 is 13.2 Å². The average molecular weight is 286 g/mol. The molecule has 0 bridgehead atoms. The number of likely N-dealkylation sites (tertiary alicyclic amines) is 1. The van der Waals surface area contributed by atoms with Gasteiger partial charge in [0.05, 0.1) is 5.92 Å². The topological polar surface area (TPSA) is 66.0 Å². The van der Waals surface area contributed by atoms with Crippen LogP contribution >= 0.6 is 0 Å². The summed E-state index contributed by atoms with van der Waals surface area (Å²) in [6.07, 6.45) is -1.84. The van der Waals surface area contributed by atoms with Crippen molar-refractivity contribution in [2.24, 2.45) is 11.7 Å². The van der Waals surface area contributed by atoms with Crippen molar-refractivity contribution in [3.05, 3.63) is 29.6 Å². The maximum atomic E-state index is 12.7. The Bertz CT molecular complexity index is 487. The van der Waals surface area contributed by atoms with E-state index in [1.807, 2.05) is 0 Å². The molecule has 0 amide bonds. The smallest absolute Gasteiger partial charge is 0.382 e. The fourth-order valence-electron chi connectivity index (χ4n) is 2.44. The summed E-state index contributed by atoms with van der Waals surface area (Å²) in [5.74, 6) is -1.39. The van der Waals surface area contributed by atoms with E-state index in [1.54, 1.807) is 17.0 Å². The Kier molecular flexibility index (Phi) is 4.27. The number of pyridine rings is 1. The fraction of sp³-hybridized carbons (Fsp3) is 0.538. The van der Waals surface area contributed by atoms with Gasteiger partial charge in [-0.1, -0.05) is 0 Å². The van der Waals surface area contributed by atoms with Crippen LogP contribution in [-0.2, 0) is 6.54 Å². The van der Waals surface area contributed by atoms with Crippen molar-refractivity contribution in [1.82, 2.24) is 9.88 Å². The summed E-state index contributed by atoms with van der Waals surface area (Å²) in [4.78, 5) is 5.73. The lowest BCUT2D eigenvalue weighted by Crippen LogP contribution is -2.41. The number of piperidine rings is 1. The van der Waals surface area contributed by atoms with Crippen LogP contribution in [0, 0.1) is 11.3 Å². The van der Waals surface area contributed by atoms with Gasteiger partial charge < -0.3 is 5.73 Å². The Labute approximate surface area is 115 Å². The molecule has 2 heterocycles. The predicted octanol–water partition coefficient (Wildman–Crippen LogP) is 2.14. The van der Waals surface area contributed by atoms with Crippen LogP contribution in [0.5, 0.6) is 0 Å². The monoisotopic (exact) mass is 286 g/mol. The highest BCUT2D eigenvalue weighted by Gasteiger charge is 2.41. The summed E-state index contributed by atoms with van der Waals surface area (Å²) < 4.78 is 38.2. The number of amidine groups is 1. The molecule has 1 atom stereocenters. The molecule has 1 aliphatic heterocycles. The van der Waals surface area contributed by atoms with Crippen LogP contribution in [0.4, 0.5) is 13.2 Å². The van der Waals surface area contributed by atoms with Gasteiger partial charge in [0, 0.05) is 19.3 Å². The normalized spacial score (nSPS) is 20.9. The summed E-state index contributed by atoms with van der Waals surface area (Å²) in [7, 11) is 0. The molecule has 2 rings (SSSR count). The molecule has 1 unspecified atom stereocenters. The number of nitrogens with two attached hydrogens (primary N) is 1. The van der Waals surface area contributed by atoms with Gasteiger partial charge in [0.1, 0.15) is 11.5 Å². The van der Waals surface area contributed by atoms with Crippen molar-refractivity contribution in [3.8, 4) is 0 Å². The number of halogens is 3. The van der Waals surface area contributed by atoms with Crippen molar-refractivity contribution in [2.75, 3.05) is 13.1 Å². The minimum atomic E-state index is -4.12. The second kappa shape index (κ2) is 5.78. The molecule has 1 aromatic rings. The number of alkyl halides is 3. The maximum absolute atomic E-state index is 12.7. The maximum Gasteiger partial charge on any atom is 0.393 e. The highest BCUT2D eigenvalue weighted by Crippen LogP contribution is 2.33. The van der Waals surface area contributed by atoms with Gasteiger partial charge in [-0.3, -0.25) is 15.3 Å². The summed E-state index contributed by atoms with van der Waals surface area (Å²) in [5, 5.41) is 7.32. The zero-order valence-electron chi connectivity index (χ0n) is 11.0. The summed E-state index contributed by atoms with van der Waals surface area (Å²) in [6, 6.07) is 3.39. The first-order chi connectivity index (χ1) is 9.36. The van der Waals surface area contributed by atoms with Crippen molar-refractivity contribution in [3.63, 3.8) is 0 Å². The lowest BCUT2D eigenvalue weighted by molar-refractivity contribution is -0.187. The Hall–Kier alpha value is -1.63. The molecule has 110 valence electrons. The van der Waals surface area contributed by atoms with Crippen LogP contribution in [-0.4, -0.2) is 35.0 Å². The van der Waals surface area contributed by atoms with E-state index in [1.165, 1.54) is 6.20 Å². The first-order valence-corrected chi connectivity index (χ1v) is 6.44. The minimum absolute atomic E-state index is 0.0290. The van der Waals surface area contributed by atoms with Crippen LogP contribution in [0.2, 0.25) is 0 Å². The molecule has 0 aliphatic carbocycles. The van der Waals surface area contributed by atoms with Crippen molar-refractivity contribution in [1.29, 1.82) is 5.41 Å². The van der Waals surface area contributed by atoms with Gasteiger partial charge in [-0.15, -0.1) is 0 Å². The summed E-state index contributed by atoms with van der Waals surface area (Å²) in [6.45, 7) is 1.11. The van der Waals surface area contributed by atoms with Gasteiger partial charge in [0.15, 0.2) is 0 Å². The molecule has 7 heteroatoms. The zero-order chi connectivity index (χ0) is 14.8. The molecule has 1 aliphatic rings. The van der Waals surface area contributed by atoms with Crippen molar-refractivity contribution >= 4 is 5.84 Å². The molecule has 0 saturated carbocycles. The lowest BCUT2D eigenvalue weighted by Gasteiger charge is -2.33. The molecule has 3 N–H and O–H groups in total. The van der Waals surface area contributed by atoms with E-state index < -0.39 is 12.1 Å². The van der Waals surface area contributed by atoms with E-state index in [4.69, 9.17) is 11.1 Å². The van der Waals surface area contributed by atoms with E-state index in [-0.39, 0.29) is 18.8 Å². The first-order valence-electron chi connectivity index (χ1n) is 6.44. The molecule has 0 radical (unpaired) electrons. The Morgan fingerprint density at radius 3 is 2.90 bits per heavy atom. The van der Waals surface area contributed by atoms with Gasteiger partial charge >= 0.3 is 6.18 Å². The molecule has 1 aromatic heterocycles. The summed E-state index contributed by atoms with van der Waals surface area (Å²) >= 11 is 0. The number of aromatic nitrogens is 1. The fourth-order valence-corrected chi connectivity index (χ4v) is 2.44. The average Bonchev–Trinajstić information content (AvgIpc) is 2.38. The molecule has 0 aromatic carbocycles. The Morgan fingerprint density at radius 1 is 1.50 bits per heavy atom. The second-order valence-electron chi connectivity index (χ2n) is 5.08. The summed E-state index contributed by atoms with van der Waals surface area (Å²) in [5.41, 5.74) is 6.53. The quantitative estimate of drug-likeness (QED) is 0.661. The SMILES string of the molecule is N=C(N)c1cc(CN2CCCC(C(F)(F)F)C2)ccn1. The van der Waals surface area contributed by atoms with Gasteiger partial charge in [0.25, 0.3) is 0 Å². The molecule has 1 fully saturated rings. The van der Waals surface area contributed by atoms with E-state index in [0.29, 0.717) is 25.2 Å². The van der Waals surface area contributed by atoms with E-state index >= 15 is 0 Å². The van der Waals surface area contributed by atoms with Crippen molar-refractivity contribution in [2.45, 2.75) is 25.6 Å². The molecule has 0 spiro atoms. The molecular formula is C13H17F3N4. The second-order valence-corrected chi connectivity index (χ2v) is 5.08. The van der Waals surface area contributed by atoms with Crippen LogP contribution < -0.4 is 5.73 Å². The minimum Gasteiger partial charge on any atom is -0.382 e. The van der Waals surface area contributed by atoms with E-state index in [2.05, 4.69) is 4.98 Å². The third-order valence-corrected chi connectivity index (χ3v) is 3.47. The Morgan fingerprint density at radius 2 is 2.25 bits per heavy atom. The molecular weight excluding hydrogens is 269 g/mol. The highest BCUT2D eigenvalue weighted by molar-refractivity contribution is 5.93. The number of nitrogens with one attached hydrogen (secondary N) is 1. The third-order valence-electron chi connectivity index (χ3n) is 3.47. The number of nitrogen functional groups attached to an aromatic ring is 1. The highest BCUT2D eigenvalue weighted by atomic mass is 19.4. The predicted molar refractivity (Wildman–Crippen MR) is 69.3 cm³/mol. The number of nitrogens with zero attached hydrogens (tertiary/aromatic N) is 2. The number of rotatable bonds is 3. The molecule has 4 nitrogen and oxygen atoms in total. The van der Waals surface area contributed by atoms with E-state index in [0.717, 1.165) is 5.56 Å².